The van der Waals surface area contributed by atoms with E-state index in [0.717, 1.165) is 0 Å². The van der Waals surface area contributed by atoms with Gasteiger partial charge in [0.2, 0.25) is 11.8 Å². The summed E-state index contributed by atoms with van der Waals surface area (Å²) in [6, 6.07) is 5.64. The third kappa shape index (κ3) is 6.22. The van der Waals surface area contributed by atoms with Gasteiger partial charge in [-0.3, -0.25) is 19.4 Å². The van der Waals surface area contributed by atoms with Gasteiger partial charge in [0.15, 0.2) is 9.84 Å². The van der Waals surface area contributed by atoms with Gasteiger partial charge in [-0.1, -0.05) is 6.07 Å². The predicted octanol–water partition coefficient (Wildman–Crippen LogP) is 0.0273. The molecule has 0 spiro atoms. The molecule has 1 unspecified atom stereocenters. The second kappa shape index (κ2) is 9.19. The lowest BCUT2D eigenvalue weighted by atomic mass is 10.2. The summed E-state index contributed by atoms with van der Waals surface area (Å²) in [6.45, 7) is 2.55. The Morgan fingerprint density at radius 3 is 2.59 bits per heavy atom. The molecule has 160 valence electrons. The van der Waals surface area contributed by atoms with Crippen LogP contribution in [0.5, 0.6) is 0 Å². The maximum absolute atomic E-state index is 13.2. The van der Waals surface area contributed by atoms with Crippen LogP contribution in [0.3, 0.4) is 0 Å². The third-order valence-corrected chi connectivity index (χ3v) is 7.17. The van der Waals surface area contributed by atoms with Crippen LogP contribution in [-0.4, -0.2) is 98.8 Å². The highest BCUT2D eigenvalue weighted by molar-refractivity contribution is 7.91. The van der Waals surface area contributed by atoms with Gasteiger partial charge in [0.25, 0.3) is 0 Å². The van der Waals surface area contributed by atoms with Gasteiger partial charge in [0.05, 0.1) is 24.6 Å². The summed E-state index contributed by atoms with van der Waals surface area (Å²) < 4.78 is 36.4. The van der Waals surface area contributed by atoms with E-state index in [2.05, 4.69) is 5.32 Å². The third-order valence-electron chi connectivity index (χ3n) is 5.42. The van der Waals surface area contributed by atoms with E-state index < -0.39 is 15.7 Å². The Morgan fingerprint density at radius 2 is 1.97 bits per heavy atom. The molecular weight excluding hydrogens is 399 g/mol. The van der Waals surface area contributed by atoms with Crippen molar-refractivity contribution >= 4 is 27.3 Å². The molecule has 10 heteroatoms. The number of nitrogens with one attached hydrogen (secondary N) is 1. The van der Waals surface area contributed by atoms with Crippen molar-refractivity contribution in [3.63, 3.8) is 0 Å². The number of halogens is 1. The van der Waals surface area contributed by atoms with Crippen molar-refractivity contribution in [2.45, 2.75) is 12.5 Å². The van der Waals surface area contributed by atoms with E-state index in [9.17, 15) is 22.4 Å². The number of benzene rings is 1. The van der Waals surface area contributed by atoms with Crippen LogP contribution < -0.4 is 5.32 Å². The molecule has 8 nitrogen and oxygen atoms in total. The molecule has 1 aromatic rings. The standard InChI is InChI=1S/C19H27FN4O4S/c1-22(17-5-10-29(27,28)14-17)13-19(26)24-8-6-23(7-9-24)12-18(25)21-16-4-2-3-15(20)11-16/h2-4,11,17H,5-10,12-14H2,1H3,(H,21,25). The number of hydrogen-bond acceptors (Lipinski definition) is 6. The second-order valence-electron chi connectivity index (χ2n) is 7.69. The summed E-state index contributed by atoms with van der Waals surface area (Å²) >= 11 is 0. The molecule has 3 rings (SSSR count). The number of hydrogen-bond donors (Lipinski definition) is 1. The van der Waals surface area contributed by atoms with E-state index in [-0.39, 0.29) is 42.5 Å². The Kier molecular flexibility index (Phi) is 6.86. The van der Waals surface area contributed by atoms with Crippen molar-refractivity contribution in [3.8, 4) is 0 Å². The largest absolute Gasteiger partial charge is 0.339 e. The number of carbonyl (C=O) groups excluding carboxylic acids is 2. The van der Waals surface area contributed by atoms with Gasteiger partial charge in [0.1, 0.15) is 5.82 Å². The fourth-order valence-corrected chi connectivity index (χ4v) is 5.50. The van der Waals surface area contributed by atoms with Crippen LogP contribution in [0.1, 0.15) is 6.42 Å². The van der Waals surface area contributed by atoms with E-state index in [0.29, 0.717) is 38.3 Å². The first-order valence-electron chi connectivity index (χ1n) is 9.68. The number of rotatable bonds is 6. The quantitative estimate of drug-likeness (QED) is 0.690. The normalized spacial score (nSPS) is 22.0. The molecular formula is C19H27FN4O4S. The fourth-order valence-electron chi connectivity index (χ4n) is 3.69. The van der Waals surface area contributed by atoms with Gasteiger partial charge in [-0.2, -0.15) is 0 Å². The van der Waals surface area contributed by atoms with Crippen molar-refractivity contribution in [2.75, 3.05) is 63.1 Å². The van der Waals surface area contributed by atoms with Crippen molar-refractivity contribution in [1.29, 1.82) is 0 Å². The van der Waals surface area contributed by atoms with Gasteiger partial charge in [-0.05, 0) is 31.7 Å². The Bertz CT molecular complexity index is 856. The summed E-state index contributed by atoms with van der Waals surface area (Å²) in [7, 11) is -1.19. The van der Waals surface area contributed by atoms with E-state index >= 15 is 0 Å². The monoisotopic (exact) mass is 426 g/mol. The zero-order valence-corrected chi connectivity index (χ0v) is 17.3. The highest BCUT2D eigenvalue weighted by Crippen LogP contribution is 2.16. The Labute approximate surface area is 170 Å². The van der Waals surface area contributed by atoms with Crippen LogP contribution in [0.2, 0.25) is 0 Å². The van der Waals surface area contributed by atoms with Crippen molar-refractivity contribution < 1.29 is 22.4 Å². The van der Waals surface area contributed by atoms with E-state index in [1.807, 2.05) is 9.80 Å². The summed E-state index contributed by atoms with van der Waals surface area (Å²) in [5.41, 5.74) is 0.417. The molecule has 2 amide bonds. The van der Waals surface area contributed by atoms with Gasteiger partial charge in [-0.25, -0.2) is 12.8 Å². The van der Waals surface area contributed by atoms with E-state index in [1.165, 1.54) is 18.2 Å². The number of anilines is 1. The number of likely N-dealkylation sites (N-methyl/N-ethyl adjacent to an activating group) is 1. The first-order valence-corrected chi connectivity index (χ1v) is 11.5. The Morgan fingerprint density at radius 1 is 1.24 bits per heavy atom. The van der Waals surface area contributed by atoms with Gasteiger partial charge >= 0.3 is 0 Å². The zero-order valence-electron chi connectivity index (χ0n) is 16.5. The smallest absolute Gasteiger partial charge is 0.238 e. The Hall–Kier alpha value is -2.04. The van der Waals surface area contributed by atoms with Crippen LogP contribution in [0.15, 0.2) is 24.3 Å². The van der Waals surface area contributed by atoms with Crippen molar-refractivity contribution in [2.24, 2.45) is 0 Å². The minimum absolute atomic E-state index is 0.0272. The maximum Gasteiger partial charge on any atom is 0.238 e. The van der Waals surface area contributed by atoms with Crippen molar-refractivity contribution in [3.05, 3.63) is 30.1 Å². The van der Waals surface area contributed by atoms with Gasteiger partial charge < -0.3 is 10.2 Å². The fraction of sp³-hybridized carbons (Fsp3) is 0.579. The molecule has 2 heterocycles. The molecule has 1 N–H and O–H groups in total. The van der Waals surface area contributed by atoms with Gasteiger partial charge in [0, 0.05) is 37.9 Å². The van der Waals surface area contributed by atoms with E-state index in [4.69, 9.17) is 0 Å². The molecule has 1 aromatic carbocycles. The molecule has 0 radical (unpaired) electrons. The second-order valence-corrected chi connectivity index (χ2v) is 9.92. The van der Waals surface area contributed by atoms with Crippen molar-refractivity contribution in [1.82, 2.24) is 14.7 Å². The lowest BCUT2D eigenvalue weighted by Crippen LogP contribution is -2.53. The van der Waals surface area contributed by atoms with Crippen LogP contribution >= 0.6 is 0 Å². The van der Waals surface area contributed by atoms with Crippen LogP contribution in [0, 0.1) is 5.82 Å². The molecule has 2 fully saturated rings. The van der Waals surface area contributed by atoms with Crippen LogP contribution in [-0.2, 0) is 19.4 Å². The SMILES string of the molecule is CN(CC(=O)N1CCN(CC(=O)Nc2cccc(F)c2)CC1)C1CCS(=O)(=O)C1. The Balaban J connectivity index is 1.40. The summed E-state index contributed by atoms with van der Waals surface area (Å²) in [5.74, 6) is -0.356. The first-order chi connectivity index (χ1) is 13.7. The minimum atomic E-state index is -2.98. The minimum Gasteiger partial charge on any atom is -0.339 e. The number of amides is 2. The lowest BCUT2D eigenvalue weighted by Gasteiger charge is -2.35. The molecule has 0 aliphatic carbocycles. The molecule has 29 heavy (non-hydrogen) atoms. The molecule has 1 atom stereocenters. The van der Waals surface area contributed by atoms with E-state index in [1.54, 1.807) is 18.0 Å². The average molecular weight is 427 g/mol. The highest BCUT2D eigenvalue weighted by Gasteiger charge is 2.32. The number of nitrogens with zero attached hydrogens (tertiary/aromatic N) is 3. The molecule has 2 saturated heterocycles. The molecule has 2 aliphatic heterocycles. The molecule has 0 saturated carbocycles. The lowest BCUT2D eigenvalue weighted by molar-refractivity contribution is -0.134. The summed E-state index contributed by atoms with van der Waals surface area (Å²) in [6.07, 6.45) is 0.570. The summed E-state index contributed by atoms with van der Waals surface area (Å²) in [5, 5.41) is 2.67. The number of piperazine rings is 1. The average Bonchev–Trinajstić information content (AvgIpc) is 3.02. The topological polar surface area (TPSA) is 90.0 Å². The van der Waals surface area contributed by atoms with Crippen LogP contribution in [0.25, 0.3) is 0 Å². The molecule has 0 bridgehead atoms. The molecule has 2 aliphatic rings. The molecule has 0 aromatic heterocycles. The maximum atomic E-state index is 13.2. The number of carbonyl (C=O) groups is 2. The van der Waals surface area contributed by atoms with Gasteiger partial charge in [-0.15, -0.1) is 0 Å². The zero-order chi connectivity index (χ0) is 21.0. The summed E-state index contributed by atoms with van der Waals surface area (Å²) in [4.78, 5) is 30.2. The first kappa shape index (κ1) is 21.7. The predicted molar refractivity (Wildman–Crippen MR) is 108 cm³/mol. The van der Waals surface area contributed by atoms with Crippen LogP contribution in [0.4, 0.5) is 10.1 Å². The highest BCUT2D eigenvalue weighted by atomic mass is 32.2. The number of sulfone groups is 1.